The third kappa shape index (κ3) is 2.16. The molecule has 0 heterocycles. The van der Waals surface area contributed by atoms with Crippen LogP contribution in [0.1, 0.15) is 48.0 Å². The molecule has 0 aromatic carbocycles. The summed E-state index contributed by atoms with van der Waals surface area (Å²) in [5.74, 6) is 0.0564. The monoisotopic (exact) mass is 256 g/mol. The normalized spacial score (nSPS) is 30.1. The van der Waals surface area contributed by atoms with Gasteiger partial charge in [-0.3, -0.25) is 4.79 Å². The largest absolute Gasteiger partial charge is 0.378 e. The Morgan fingerprint density at radius 1 is 1.44 bits per heavy atom. The molecule has 0 saturated heterocycles. The highest BCUT2D eigenvalue weighted by molar-refractivity contribution is 5.89. The molecule has 0 aromatic heterocycles. The van der Waals surface area contributed by atoms with E-state index in [1.165, 1.54) is 0 Å². The summed E-state index contributed by atoms with van der Waals surface area (Å²) in [6.45, 7) is 13.4. The quantitative estimate of drug-likeness (QED) is 0.815. The predicted molar refractivity (Wildman–Crippen MR) is 73.3 cm³/mol. The van der Waals surface area contributed by atoms with Crippen molar-refractivity contribution in [1.82, 2.24) is 4.90 Å². The number of amides is 1. The maximum Gasteiger partial charge on any atom is 0.243 e. The molecule has 106 valence electrons. The van der Waals surface area contributed by atoms with Crippen molar-refractivity contribution in [2.75, 3.05) is 13.2 Å². The van der Waals surface area contributed by atoms with Crippen molar-refractivity contribution in [3.63, 3.8) is 0 Å². The Hall–Kier alpha value is -0.610. The molecule has 1 aliphatic rings. The molecule has 18 heavy (non-hydrogen) atoms. The minimum Gasteiger partial charge on any atom is -0.378 e. The van der Waals surface area contributed by atoms with Crippen molar-refractivity contribution >= 4 is 5.91 Å². The summed E-state index contributed by atoms with van der Waals surface area (Å²) >= 11 is 0. The molecule has 1 saturated carbocycles. The molecule has 0 aliphatic heterocycles. The average Bonchev–Trinajstić information content (AvgIpc) is 2.28. The van der Waals surface area contributed by atoms with Gasteiger partial charge in [-0.25, -0.2) is 0 Å². The zero-order valence-corrected chi connectivity index (χ0v) is 12.6. The van der Waals surface area contributed by atoms with Crippen LogP contribution in [0.2, 0.25) is 0 Å². The standard InChI is InChI=1S/C14H28N2O2/c1-7-16(10(3)4)12(17)14(15)9-11(18-8-2)13(14,5)6/h10-11H,7-9,15H2,1-6H3. The maximum atomic E-state index is 12.6. The lowest BCUT2D eigenvalue weighted by Gasteiger charge is -2.59. The number of hydrogen-bond donors (Lipinski definition) is 1. The molecular weight excluding hydrogens is 228 g/mol. The molecule has 2 N–H and O–H groups in total. The van der Waals surface area contributed by atoms with E-state index in [-0.39, 0.29) is 23.5 Å². The third-order valence-corrected chi connectivity index (χ3v) is 4.44. The van der Waals surface area contributed by atoms with Crippen LogP contribution in [0, 0.1) is 5.41 Å². The summed E-state index contributed by atoms with van der Waals surface area (Å²) in [6, 6.07) is 0.185. The van der Waals surface area contributed by atoms with Gasteiger partial charge in [-0.2, -0.15) is 0 Å². The first kappa shape index (κ1) is 15.4. The van der Waals surface area contributed by atoms with Gasteiger partial charge in [0.2, 0.25) is 5.91 Å². The molecule has 4 nitrogen and oxygen atoms in total. The van der Waals surface area contributed by atoms with Gasteiger partial charge < -0.3 is 15.4 Å². The first-order valence-corrected chi connectivity index (χ1v) is 6.93. The van der Waals surface area contributed by atoms with Crippen LogP contribution in [0.15, 0.2) is 0 Å². The minimum absolute atomic E-state index is 0.0564. The van der Waals surface area contributed by atoms with Crippen LogP contribution in [0.3, 0.4) is 0 Å². The van der Waals surface area contributed by atoms with Gasteiger partial charge >= 0.3 is 0 Å². The van der Waals surface area contributed by atoms with Gasteiger partial charge in [-0.05, 0) is 27.7 Å². The van der Waals surface area contributed by atoms with Crippen molar-refractivity contribution in [3.8, 4) is 0 Å². The van der Waals surface area contributed by atoms with Crippen LogP contribution < -0.4 is 5.73 Å². The van der Waals surface area contributed by atoms with E-state index < -0.39 is 5.54 Å². The van der Waals surface area contributed by atoms with Gasteiger partial charge in [0, 0.05) is 31.0 Å². The highest BCUT2D eigenvalue weighted by Gasteiger charge is 2.63. The molecule has 0 aromatic rings. The van der Waals surface area contributed by atoms with Crippen LogP contribution in [-0.2, 0) is 9.53 Å². The van der Waals surface area contributed by atoms with Crippen molar-refractivity contribution < 1.29 is 9.53 Å². The SMILES string of the molecule is CCOC1CC(N)(C(=O)N(CC)C(C)C)C1(C)C. The Morgan fingerprint density at radius 2 is 2.00 bits per heavy atom. The van der Waals surface area contributed by atoms with E-state index >= 15 is 0 Å². The molecule has 4 heteroatoms. The fourth-order valence-electron chi connectivity index (χ4n) is 2.80. The number of rotatable bonds is 5. The molecule has 2 atom stereocenters. The summed E-state index contributed by atoms with van der Waals surface area (Å²) in [6.07, 6.45) is 0.706. The molecular formula is C14H28N2O2. The zero-order valence-electron chi connectivity index (χ0n) is 12.6. The van der Waals surface area contributed by atoms with Crippen molar-refractivity contribution in [1.29, 1.82) is 0 Å². The van der Waals surface area contributed by atoms with Crippen LogP contribution in [0.25, 0.3) is 0 Å². The predicted octanol–water partition coefficient (Wildman–Crippen LogP) is 1.78. The van der Waals surface area contributed by atoms with E-state index in [4.69, 9.17) is 10.5 Å². The van der Waals surface area contributed by atoms with Gasteiger partial charge in [-0.15, -0.1) is 0 Å². The molecule has 1 aliphatic carbocycles. The molecule has 1 amide bonds. The second-order valence-electron chi connectivity index (χ2n) is 6.03. The topological polar surface area (TPSA) is 55.6 Å². The number of hydrogen-bond acceptors (Lipinski definition) is 3. The highest BCUT2D eigenvalue weighted by Crippen LogP contribution is 2.50. The van der Waals surface area contributed by atoms with E-state index in [1.54, 1.807) is 0 Å². The fraction of sp³-hybridized carbons (Fsp3) is 0.929. The van der Waals surface area contributed by atoms with E-state index in [0.29, 0.717) is 19.6 Å². The molecule has 0 spiro atoms. The van der Waals surface area contributed by atoms with E-state index in [1.807, 2.05) is 46.4 Å². The average molecular weight is 256 g/mol. The lowest BCUT2D eigenvalue weighted by Crippen LogP contribution is -2.76. The van der Waals surface area contributed by atoms with Crippen LogP contribution in [-0.4, -0.2) is 41.6 Å². The summed E-state index contributed by atoms with van der Waals surface area (Å²) in [5.41, 5.74) is 5.30. The van der Waals surface area contributed by atoms with Crippen LogP contribution in [0.4, 0.5) is 0 Å². The number of nitrogens with two attached hydrogens (primary N) is 1. The number of ether oxygens (including phenoxy) is 1. The number of likely N-dealkylation sites (N-methyl/N-ethyl adjacent to an activating group) is 1. The lowest BCUT2D eigenvalue weighted by atomic mass is 9.54. The molecule has 2 unspecified atom stereocenters. The Labute approximate surface area is 111 Å². The number of carbonyl (C=O) groups is 1. The van der Waals surface area contributed by atoms with Gasteiger partial charge in [-0.1, -0.05) is 13.8 Å². The smallest absolute Gasteiger partial charge is 0.243 e. The summed E-state index contributed by atoms with van der Waals surface area (Å²) in [7, 11) is 0. The minimum atomic E-state index is -0.785. The van der Waals surface area contributed by atoms with Gasteiger partial charge in [0.15, 0.2) is 0 Å². The van der Waals surface area contributed by atoms with Gasteiger partial charge in [0.1, 0.15) is 5.54 Å². The highest BCUT2D eigenvalue weighted by atomic mass is 16.5. The van der Waals surface area contributed by atoms with Gasteiger partial charge in [0.05, 0.1) is 6.10 Å². The molecule has 0 bridgehead atoms. The third-order valence-electron chi connectivity index (χ3n) is 4.44. The summed E-state index contributed by atoms with van der Waals surface area (Å²) in [5, 5.41) is 0. The molecule has 1 rings (SSSR count). The number of carbonyl (C=O) groups excluding carboxylic acids is 1. The zero-order chi connectivity index (χ0) is 14.1. The van der Waals surface area contributed by atoms with Crippen molar-refractivity contribution in [2.45, 2.75) is 65.6 Å². The Bertz CT molecular complexity index is 315. The van der Waals surface area contributed by atoms with Crippen molar-refractivity contribution in [2.24, 2.45) is 11.1 Å². The number of nitrogens with zero attached hydrogens (tertiary/aromatic N) is 1. The summed E-state index contributed by atoms with van der Waals surface area (Å²) < 4.78 is 5.66. The second-order valence-corrected chi connectivity index (χ2v) is 6.03. The van der Waals surface area contributed by atoms with E-state index in [9.17, 15) is 4.79 Å². The Balaban J connectivity index is 2.87. The van der Waals surface area contributed by atoms with E-state index in [2.05, 4.69) is 0 Å². The lowest BCUT2D eigenvalue weighted by molar-refractivity contribution is -0.180. The Morgan fingerprint density at radius 3 is 2.33 bits per heavy atom. The van der Waals surface area contributed by atoms with Crippen molar-refractivity contribution in [3.05, 3.63) is 0 Å². The molecule has 1 fully saturated rings. The van der Waals surface area contributed by atoms with Gasteiger partial charge in [0.25, 0.3) is 0 Å². The second kappa shape index (κ2) is 5.17. The molecule has 0 radical (unpaired) electrons. The maximum absolute atomic E-state index is 12.6. The fourth-order valence-corrected chi connectivity index (χ4v) is 2.80. The Kier molecular flexibility index (Phi) is 4.44. The summed E-state index contributed by atoms with van der Waals surface area (Å²) in [4.78, 5) is 14.5. The first-order chi connectivity index (χ1) is 8.22. The van der Waals surface area contributed by atoms with E-state index in [0.717, 1.165) is 0 Å². The first-order valence-electron chi connectivity index (χ1n) is 6.93. The van der Waals surface area contributed by atoms with Crippen LogP contribution >= 0.6 is 0 Å². The van der Waals surface area contributed by atoms with Crippen LogP contribution in [0.5, 0.6) is 0 Å².